The van der Waals surface area contributed by atoms with Crippen LogP contribution in [0.15, 0.2) is 0 Å². The maximum Gasteiger partial charge on any atom is 0.157 e. The number of hydrogen-bond donors (Lipinski definition) is 0. The van der Waals surface area contributed by atoms with Crippen molar-refractivity contribution in [1.82, 2.24) is 0 Å². The first-order valence-corrected chi connectivity index (χ1v) is 4.50. The predicted molar refractivity (Wildman–Crippen MR) is 34.5 cm³/mol. The van der Waals surface area contributed by atoms with Crippen molar-refractivity contribution in [3.8, 4) is 0 Å². The van der Waals surface area contributed by atoms with Gasteiger partial charge in [0.25, 0.3) is 0 Å². The van der Waals surface area contributed by atoms with Crippen LogP contribution in [0.2, 0.25) is 0 Å². The molecule has 0 spiro atoms. The van der Waals surface area contributed by atoms with E-state index in [4.69, 9.17) is 0 Å². The molecular formula is C4H6OS2. The molecule has 1 aliphatic heterocycles. The van der Waals surface area contributed by atoms with Crippen LogP contribution in [0.3, 0.4) is 0 Å². The molecule has 1 saturated heterocycles. The third-order valence-electron chi connectivity index (χ3n) is 0.867. The molecule has 3 heteroatoms. The van der Waals surface area contributed by atoms with E-state index in [2.05, 4.69) is 0 Å². The van der Waals surface area contributed by atoms with Crippen LogP contribution in [-0.4, -0.2) is 16.8 Å². The fourth-order valence-corrected chi connectivity index (χ4v) is 2.79. The number of carbonyl (C=O) groups is 1. The zero-order valence-electron chi connectivity index (χ0n) is 4.01. The topological polar surface area (TPSA) is 17.1 Å². The Morgan fingerprint density at radius 1 is 1.86 bits per heavy atom. The van der Waals surface area contributed by atoms with Gasteiger partial charge in [-0.2, -0.15) is 0 Å². The molecule has 1 unspecified atom stereocenters. The van der Waals surface area contributed by atoms with Crippen molar-refractivity contribution in [2.45, 2.75) is 12.2 Å². The molecule has 0 bridgehead atoms. The van der Waals surface area contributed by atoms with E-state index in [9.17, 15) is 4.79 Å². The second kappa shape index (κ2) is 2.09. The summed E-state index contributed by atoms with van der Waals surface area (Å²) < 4.78 is 0. The lowest BCUT2D eigenvalue weighted by Gasteiger charge is -1.88. The average molecular weight is 134 g/mol. The Labute approximate surface area is 50.6 Å². The van der Waals surface area contributed by atoms with Crippen molar-refractivity contribution in [2.75, 3.05) is 5.75 Å². The van der Waals surface area contributed by atoms with E-state index in [1.165, 1.54) is 0 Å². The van der Waals surface area contributed by atoms with Gasteiger partial charge in [0.05, 0.1) is 11.0 Å². The highest BCUT2D eigenvalue weighted by Crippen LogP contribution is 2.34. The second-order valence-electron chi connectivity index (χ2n) is 1.47. The lowest BCUT2D eigenvalue weighted by molar-refractivity contribution is -0.115. The van der Waals surface area contributed by atoms with E-state index in [0.29, 0.717) is 11.5 Å². The number of carbonyl (C=O) groups excluding carboxylic acids is 1. The highest BCUT2D eigenvalue weighted by Gasteiger charge is 2.20. The summed E-state index contributed by atoms with van der Waals surface area (Å²) in [4.78, 5) is 10.5. The summed E-state index contributed by atoms with van der Waals surface area (Å²) in [7, 11) is 3.33. The Morgan fingerprint density at radius 2 is 2.57 bits per heavy atom. The fourth-order valence-electron chi connectivity index (χ4n) is 0.365. The van der Waals surface area contributed by atoms with Gasteiger partial charge in [-0.15, -0.1) is 0 Å². The molecule has 0 radical (unpaired) electrons. The lowest BCUT2D eigenvalue weighted by atomic mass is 10.3. The van der Waals surface area contributed by atoms with E-state index in [1.54, 1.807) is 21.6 Å². The van der Waals surface area contributed by atoms with Gasteiger partial charge in [-0.05, 0) is 6.92 Å². The van der Waals surface area contributed by atoms with Crippen LogP contribution in [0, 0.1) is 0 Å². The van der Waals surface area contributed by atoms with Crippen LogP contribution in [0.5, 0.6) is 0 Å². The Kier molecular flexibility index (Phi) is 1.65. The summed E-state index contributed by atoms with van der Waals surface area (Å²) in [6.45, 7) is 1.95. The van der Waals surface area contributed by atoms with Gasteiger partial charge in [0.15, 0.2) is 5.78 Å². The van der Waals surface area contributed by atoms with Crippen LogP contribution < -0.4 is 0 Å². The molecule has 40 valence electrons. The molecule has 1 rings (SSSR count). The minimum absolute atomic E-state index is 0.255. The van der Waals surface area contributed by atoms with E-state index >= 15 is 0 Å². The van der Waals surface area contributed by atoms with Gasteiger partial charge >= 0.3 is 0 Å². The summed E-state index contributed by atoms with van der Waals surface area (Å²) in [5, 5.41) is 0.255. The quantitative estimate of drug-likeness (QED) is 0.465. The Hall–Kier alpha value is 0.370. The molecule has 1 nitrogen and oxygen atoms in total. The molecule has 0 saturated carbocycles. The molecule has 0 N–H and O–H groups in total. The van der Waals surface area contributed by atoms with Crippen molar-refractivity contribution in [1.29, 1.82) is 0 Å². The summed E-state index contributed by atoms with van der Waals surface area (Å²) in [5.41, 5.74) is 0. The van der Waals surface area contributed by atoms with Gasteiger partial charge in [0, 0.05) is 0 Å². The zero-order valence-corrected chi connectivity index (χ0v) is 5.64. The Bertz CT molecular complexity index is 91.7. The van der Waals surface area contributed by atoms with E-state index in [1.807, 2.05) is 6.92 Å². The molecule has 0 aliphatic carbocycles. The smallest absolute Gasteiger partial charge is 0.157 e. The van der Waals surface area contributed by atoms with E-state index in [0.717, 1.165) is 0 Å². The monoisotopic (exact) mass is 134 g/mol. The molecule has 0 aromatic heterocycles. The molecule has 0 aromatic carbocycles. The SMILES string of the molecule is CC1SSCC1=O. The molecule has 1 fully saturated rings. The maximum absolute atomic E-state index is 10.5. The third kappa shape index (κ3) is 1.13. The highest BCUT2D eigenvalue weighted by atomic mass is 33.1. The van der Waals surface area contributed by atoms with Gasteiger partial charge < -0.3 is 0 Å². The molecule has 0 amide bonds. The number of rotatable bonds is 0. The Balaban J connectivity index is 2.48. The van der Waals surface area contributed by atoms with Crippen LogP contribution in [-0.2, 0) is 4.79 Å². The molecule has 1 heterocycles. The van der Waals surface area contributed by atoms with Crippen molar-refractivity contribution in [3.05, 3.63) is 0 Å². The lowest BCUT2D eigenvalue weighted by Crippen LogP contribution is -2.06. The van der Waals surface area contributed by atoms with Gasteiger partial charge in [-0.3, -0.25) is 4.79 Å². The summed E-state index contributed by atoms with van der Waals surface area (Å²) >= 11 is 0. The summed E-state index contributed by atoms with van der Waals surface area (Å²) in [6, 6.07) is 0. The third-order valence-corrected chi connectivity index (χ3v) is 3.58. The number of Topliss-reactive ketones (excluding diaryl/α,β-unsaturated/α-hetero) is 1. The molecule has 7 heavy (non-hydrogen) atoms. The number of hydrogen-bond acceptors (Lipinski definition) is 3. The first-order valence-electron chi connectivity index (χ1n) is 2.11. The van der Waals surface area contributed by atoms with Crippen LogP contribution in [0.4, 0.5) is 0 Å². The van der Waals surface area contributed by atoms with Crippen LogP contribution in [0.1, 0.15) is 6.92 Å². The average Bonchev–Trinajstić information content (AvgIpc) is 1.91. The molecule has 1 aliphatic rings. The first-order chi connectivity index (χ1) is 3.30. The highest BCUT2D eigenvalue weighted by molar-refractivity contribution is 8.78. The van der Waals surface area contributed by atoms with Crippen LogP contribution >= 0.6 is 21.6 Å². The number of ketones is 1. The predicted octanol–water partition coefficient (Wildman–Crippen LogP) is 1.34. The standard InChI is InChI=1S/C4H6OS2/c1-3-4(5)2-6-7-3/h3H,2H2,1H3. The largest absolute Gasteiger partial charge is 0.297 e. The summed E-state index contributed by atoms with van der Waals surface area (Å²) in [6.07, 6.45) is 0. The van der Waals surface area contributed by atoms with Crippen molar-refractivity contribution >= 4 is 27.4 Å². The maximum atomic E-state index is 10.5. The Morgan fingerprint density at radius 3 is 2.71 bits per heavy atom. The normalized spacial score (nSPS) is 31.6. The second-order valence-corrected chi connectivity index (χ2v) is 4.18. The van der Waals surface area contributed by atoms with Gasteiger partial charge in [0.1, 0.15) is 0 Å². The zero-order chi connectivity index (χ0) is 5.28. The van der Waals surface area contributed by atoms with Gasteiger partial charge in [-0.25, -0.2) is 0 Å². The van der Waals surface area contributed by atoms with Crippen molar-refractivity contribution in [3.63, 3.8) is 0 Å². The van der Waals surface area contributed by atoms with Gasteiger partial charge in [0.2, 0.25) is 0 Å². The van der Waals surface area contributed by atoms with E-state index in [-0.39, 0.29) is 5.25 Å². The molecule has 0 aromatic rings. The van der Waals surface area contributed by atoms with Crippen LogP contribution in [0.25, 0.3) is 0 Å². The first kappa shape index (κ1) is 5.51. The molecular weight excluding hydrogens is 128 g/mol. The van der Waals surface area contributed by atoms with Gasteiger partial charge in [-0.1, -0.05) is 21.6 Å². The summed E-state index contributed by atoms with van der Waals surface area (Å²) in [5.74, 6) is 1.10. The fraction of sp³-hybridized carbons (Fsp3) is 0.750. The van der Waals surface area contributed by atoms with E-state index < -0.39 is 0 Å². The minimum Gasteiger partial charge on any atom is -0.297 e. The molecule has 1 atom stereocenters. The van der Waals surface area contributed by atoms with Crippen molar-refractivity contribution < 1.29 is 4.79 Å². The minimum atomic E-state index is 0.255. The van der Waals surface area contributed by atoms with Crippen molar-refractivity contribution in [2.24, 2.45) is 0 Å².